The van der Waals surface area contributed by atoms with E-state index in [1.807, 2.05) is 18.5 Å². The number of hydrogen-bond acceptors (Lipinski definition) is 4. The summed E-state index contributed by atoms with van der Waals surface area (Å²) in [5.41, 5.74) is 5.90. The highest BCUT2D eigenvalue weighted by Gasteiger charge is 2.18. The summed E-state index contributed by atoms with van der Waals surface area (Å²) in [6.45, 7) is 5.22. The van der Waals surface area contributed by atoms with Gasteiger partial charge in [0.05, 0.1) is 0 Å². The zero-order valence-electron chi connectivity index (χ0n) is 12.9. The van der Waals surface area contributed by atoms with Crippen molar-refractivity contribution in [1.29, 1.82) is 0 Å². The van der Waals surface area contributed by atoms with Crippen LogP contribution in [0, 0.1) is 0 Å². The van der Waals surface area contributed by atoms with Crippen LogP contribution in [-0.2, 0) is 26.6 Å². The average molecular weight is 293 g/mol. The van der Waals surface area contributed by atoms with E-state index >= 15 is 0 Å². The van der Waals surface area contributed by atoms with Gasteiger partial charge in [-0.05, 0) is 26.3 Å². The van der Waals surface area contributed by atoms with Crippen LogP contribution in [0.3, 0.4) is 0 Å². The van der Waals surface area contributed by atoms with Crippen LogP contribution in [0.15, 0.2) is 9.59 Å². The van der Waals surface area contributed by atoms with E-state index in [1.54, 1.807) is 4.57 Å². The maximum absolute atomic E-state index is 12.6. The largest absolute Gasteiger partial charge is 0.332 e. The van der Waals surface area contributed by atoms with E-state index in [-0.39, 0.29) is 11.2 Å². The smallest absolute Gasteiger partial charge is 0.330 e. The van der Waals surface area contributed by atoms with E-state index in [4.69, 9.17) is 5.73 Å². The van der Waals surface area contributed by atoms with Crippen molar-refractivity contribution >= 4 is 11.2 Å². The molecule has 21 heavy (non-hydrogen) atoms. The van der Waals surface area contributed by atoms with Crippen LogP contribution in [0.1, 0.15) is 32.5 Å². The van der Waals surface area contributed by atoms with Crippen LogP contribution in [0.4, 0.5) is 0 Å². The van der Waals surface area contributed by atoms with Gasteiger partial charge in [0, 0.05) is 26.6 Å². The summed E-state index contributed by atoms with van der Waals surface area (Å²) >= 11 is 0. The molecule has 2 aromatic rings. The van der Waals surface area contributed by atoms with Crippen LogP contribution in [0.2, 0.25) is 0 Å². The number of imidazole rings is 1. The van der Waals surface area contributed by atoms with Gasteiger partial charge in [-0.25, -0.2) is 9.78 Å². The Hall–Kier alpha value is -1.89. The molecule has 7 nitrogen and oxygen atoms in total. The molecule has 0 unspecified atom stereocenters. The summed E-state index contributed by atoms with van der Waals surface area (Å²) in [5.74, 6) is 0.836. The lowest BCUT2D eigenvalue weighted by atomic mass is 10.3. The minimum atomic E-state index is -0.301. The number of rotatable bonds is 6. The zero-order chi connectivity index (χ0) is 15.6. The standard InChI is InChI=1S/C14H23N5O2/c1-4-7-10-16-12-11(17(10)3)13(20)19(9-6-8-15)14(21)18(12)5-2/h4-9,15H2,1-3H3. The highest BCUT2D eigenvalue weighted by atomic mass is 16.2. The summed E-state index contributed by atoms with van der Waals surface area (Å²) in [4.78, 5) is 29.6. The summed E-state index contributed by atoms with van der Waals surface area (Å²) in [6, 6.07) is 0. The molecule has 0 spiro atoms. The summed E-state index contributed by atoms with van der Waals surface area (Å²) in [7, 11) is 1.83. The highest BCUT2D eigenvalue weighted by Crippen LogP contribution is 2.11. The van der Waals surface area contributed by atoms with Crippen molar-refractivity contribution in [3.05, 3.63) is 26.7 Å². The first-order valence-corrected chi connectivity index (χ1v) is 7.45. The highest BCUT2D eigenvalue weighted by molar-refractivity contribution is 5.71. The third-order valence-corrected chi connectivity index (χ3v) is 3.71. The fourth-order valence-corrected chi connectivity index (χ4v) is 2.59. The molecule has 2 N–H and O–H groups in total. The lowest BCUT2D eigenvalue weighted by molar-refractivity contribution is 0.560. The topological polar surface area (TPSA) is 87.8 Å². The molecule has 0 aliphatic heterocycles. The van der Waals surface area contributed by atoms with Gasteiger partial charge in [-0.15, -0.1) is 0 Å². The molecule has 0 radical (unpaired) electrons. The number of fused-ring (bicyclic) bond motifs is 1. The molecule has 0 saturated carbocycles. The van der Waals surface area contributed by atoms with Gasteiger partial charge in [0.1, 0.15) is 5.82 Å². The van der Waals surface area contributed by atoms with Gasteiger partial charge in [0.2, 0.25) is 0 Å². The molecular formula is C14H23N5O2. The molecule has 0 aliphatic carbocycles. The molecule has 2 heterocycles. The van der Waals surface area contributed by atoms with Crippen molar-refractivity contribution in [2.45, 2.75) is 46.2 Å². The van der Waals surface area contributed by atoms with Crippen molar-refractivity contribution in [3.63, 3.8) is 0 Å². The zero-order valence-corrected chi connectivity index (χ0v) is 12.9. The van der Waals surface area contributed by atoms with E-state index in [2.05, 4.69) is 11.9 Å². The van der Waals surface area contributed by atoms with Gasteiger partial charge in [-0.1, -0.05) is 6.92 Å². The second-order valence-electron chi connectivity index (χ2n) is 5.14. The third kappa shape index (κ3) is 2.53. The predicted molar refractivity (Wildman–Crippen MR) is 82.6 cm³/mol. The molecule has 0 amide bonds. The van der Waals surface area contributed by atoms with Gasteiger partial charge in [0.25, 0.3) is 5.56 Å². The Kier molecular flexibility index (Phi) is 4.62. The average Bonchev–Trinajstić information content (AvgIpc) is 2.77. The number of nitrogens with zero attached hydrogens (tertiary/aromatic N) is 4. The first-order chi connectivity index (χ1) is 10.1. The van der Waals surface area contributed by atoms with Gasteiger partial charge in [-0.2, -0.15) is 0 Å². The first kappa shape index (κ1) is 15.5. The molecular weight excluding hydrogens is 270 g/mol. The summed E-state index contributed by atoms with van der Waals surface area (Å²) in [6.07, 6.45) is 2.32. The van der Waals surface area contributed by atoms with Gasteiger partial charge < -0.3 is 10.3 Å². The maximum Gasteiger partial charge on any atom is 0.332 e. The van der Waals surface area contributed by atoms with Crippen LogP contribution in [0.25, 0.3) is 11.2 Å². The molecule has 2 rings (SSSR count). The SMILES string of the molecule is CCCc1nc2c(c(=O)n(CCCN)c(=O)n2CC)n1C. The quantitative estimate of drug-likeness (QED) is 0.825. The number of nitrogens with two attached hydrogens (primary N) is 1. The third-order valence-electron chi connectivity index (χ3n) is 3.71. The fraction of sp³-hybridized carbons (Fsp3) is 0.643. The van der Waals surface area contributed by atoms with Crippen molar-refractivity contribution in [2.75, 3.05) is 6.54 Å². The summed E-state index contributed by atoms with van der Waals surface area (Å²) in [5, 5.41) is 0. The maximum atomic E-state index is 12.6. The number of hydrogen-bond donors (Lipinski definition) is 1. The molecule has 0 fully saturated rings. The van der Waals surface area contributed by atoms with E-state index < -0.39 is 0 Å². The van der Waals surface area contributed by atoms with Crippen molar-refractivity contribution in [2.24, 2.45) is 12.8 Å². The Morgan fingerprint density at radius 3 is 2.48 bits per heavy atom. The molecule has 7 heteroatoms. The fourth-order valence-electron chi connectivity index (χ4n) is 2.59. The van der Waals surface area contributed by atoms with Crippen LogP contribution in [-0.4, -0.2) is 25.2 Å². The second-order valence-corrected chi connectivity index (χ2v) is 5.14. The number of aromatic nitrogens is 4. The summed E-state index contributed by atoms with van der Waals surface area (Å²) < 4.78 is 4.65. The normalized spacial score (nSPS) is 11.4. The molecule has 0 atom stereocenters. The van der Waals surface area contributed by atoms with Gasteiger partial charge in [-0.3, -0.25) is 13.9 Å². The predicted octanol–water partition coefficient (Wildman–Crippen LogP) is 0.218. The molecule has 0 saturated heterocycles. The Bertz CT molecular complexity index is 753. The van der Waals surface area contributed by atoms with Crippen molar-refractivity contribution in [1.82, 2.24) is 18.7 Å². The van der Waals surface area contributed by atoms with Crippen LogP contribution < -0.4 is 17.0 Å². The lowest BCUT2D eigenvalue weighted by Crippen LogP contribution is -2.40. The molecule has 116 valence electrons. The van der Waals surface area contributed by atoms with Crippen molar-refractivity contribution in [3.8, 4) is 0 Å². The second kappa shape index (κ2) is 6.26. The first-order valence-electron chi connectivity index (χ1n) is 7.45. The van der Waals surface area contributed by atoms with Crippen LogP contribution >= 0.6 is 0 Å². The van der Waals surface area contributed by atoms with E-state index in [0.29, 0.717) is 37.2 Å². The van der Waals surface area contributed by atoms with Crippen LogP contribution in [0.5, 0.6) is 0 Å². The Morgan fingerprint density at radius 2 is 1.90 bits per heavy atom. The lowest BCUT2D eigenvalue weighted by Gasteiger charge is -2.09. The Labute approximate surface area is 123 Å². The Balaban J connectivity index is 2.81. The van der Waals surface area contributed by atoms with Gasteiger partial charge in [0.15, 0.2) is 11.2 Å². The van der Waals surface area contributed by atoms with E-state index in [9.17, 15) is 9.59 Å². The molecule has 0 bridgehead atoms. The molecule has 0 aliphatic rings. The van der Waals surface area contributed by atoms with Gasteiger partial charge >= 0.3 is 5.69 Å². The van der Waals surface area contributed by atoms with E-state index in [0.717, 1.165) is 18.7 Å². The molecule has 2 aromatic heterocycles. The minimum absolute atomic E-state index is 0.273. The Morgan fingerprint density at radius 1 is 1.19 bits per heavy atom. The number of aryl methyl sites for hydroxylation is 3. The monoisotopic (exact) mass is 293 g/mol. The minimum Gasteiger partial charge on any atom is -0.330 e. The van der Waals surface area contributed by atoms with E-state index in [1.165, 1.54) is 4.57 Å². The molecule has 0 aromatic carbocycles. The van der Waals surface area contributed by atoms with Crippen molar-refractivity contribution < 1.29 is 0 Å².